The van der Waals surface area contributed by atoms with Gasteiger partial charge in [0.1, 0.15) is 5.75 Å². The molecule has 0 aliphatic carbocycles. The molecule has 21 heavy (non-hydrogen) atoms. The Morgan fingerprint density at radius 1 is 1.14 bits per heavy atom. The van der Waals surface area contributed by atoms with E-state index in [0.29, 0.717) is 5.56 Å². The number of benzene rings is 2. The molecule has 0 atom stereocenters. The first kappa shape index (κ1) is 15.1. The van der Waals surface area contributed by atoms with E-state index in [1.54, 1.807) is 13.2 Å². The molecule has 0 heterocycles. The van der Waals surface area contributed by atoms with E-state index in [9.17, 15) is 0 Å². The molecule has 0 unspecified atom stereocenters. The Labute approximate surface area is 126 Å². The predicted molar refractivity (Wildman–Crippen MR) is 84.2 cm³/mol. The van der Waals surface area contributed by atoms with Crippen molar-refractivity contribution in [2.45, 2.75) is 13.0 Å². The van der Waals surface area contributed by atoms with E-state index in [0.717, 1.165) is 30.8 Å². The average molecular weight is 280 g/mol. The maximum atomic E-state index is 9.01. The molecule has 3 nitrogen and oxygen atoms in total. The van der Waals surface area contributed by atoms with Crippen molar-refractivity contribution in [3.05, 3.63) is 65.2 Å². The van der Waals surface area contributed by atoms with Gasteiger partial charge in [-0.25, -0.2) is 0 Å². The second-order valence-corrected chi connectivity index (χ2v) is 5.11. The molecule has 3 heteroatoms. The molecular weight excluding hydrogens is 260 g/mol. The minimum absolute atomic E-state index is 0.669. The molecule has 2 rings (SSSR count). The number of nitriles is 1. The zero-order valence-corrected chi connectivity index (χ0v) is 12.5. The largest absolute Gasteiger partial charge is 0.496 e. The van der Waals surface area contributed by atoms with Crippen LogP contribution >= 0.6 is 0 Å². The summed E-state index contributed by atoms with van der Waals surface area (Å²) in [5.74, 6) is 0.834. The van der Waals surface area contributed by atoms with Gasteiger partial charge in [0.25, 0.3) is 0 Å². The van der Waals surface area contributed by atoms with Crippen LogP contribution in [0.25, 0.3) is 0 Å². The molecule has 2 aromatic rings. The van der Waals surface area contributed by atoms with E-state index in [2.05, 4.69) is 42.3 Å². The van der Waals surface area contributed by atoms with Crippen LogP contribution in [0.5, 0.6) is 5.75 Å². The van der Waals surface area contributed by atoms with Gasteiger partial charge in [-0.2, -0.15) is 5.26 Å². The van der Waals surface area contributed by atoms with Gasteiger partial charge in [-0.3, -0.25) is 0 Å². The third-order valence-corrected chi connectivity index (χ3v) is 3.47. The molecule has 2 aromatic carbocycles. The predicted octanol–water partition coefficient (Wildman–Crippen LogP) is 3.24. The second kappa shape index (κ2) is 7.47. The highest BCUT2D eigenvalue weighted by atomic mass is 16.5. The van der Waals surface area contributed by atoms with Crippen LogP contribution in [-0.4, -0.2) is 25.6 Å². The molecule has 0 N–H and O–H groups in total. The van der Waals surface area contributed by atoms with Crippen molar-refractivity contribution in [1.82, 2.24) is 4.90 Å². The number of methoxy groups -OCH3 is 1. The Morgan fingerprint density at radius 3 is 2.57 bits per heavy atom. The highest BCUT2D eigenvalue weighted by molar-refractivity contribution is 5.42. The van der Waals surface area contributed by atoms with E-state index >= 15 is 0 Å². The van der Waals surface area contributed by atoms with Crippen molar-refractivity contribution in [3.63, 3.8) is 0 Å². The summed E-state index contributed by atoms with van der Waals surface area (Å²) in [5.41, 5.74) is 3.05. The van der Waals surface area contributed by atoms with Gasteiger partial charge in [-0.15, -0.1) is 0 Å². The minimum atomic E-state index is 0.669. The highest BCUT2D eigenvalue weighted by Crippen LogP contribution is 2.21. The minimum Gasteiger partial charge on any atom is -0.496 e. The first-order valence-electron chi connectivity index (χ1n) is 7.02. The fourth-order valence-electron chi connectivity index (χ4n) is 2.31. The van der Waals surface area contributed by atoms with Crippen LogP contribution in [0.3, 0.4) is 0 Å². The van der Waals surface area contributed by atoms with Gasteiger partial charge >= 0.3 is 0 Å². The molecule has 0 amide bonds. The molecule has 0 saturated heterocycles. The Bertz CT molecular complexity index is 617. The lowest BCUT2D eigenvalue weighted by Crippen LogP contribution is -2.21. The zero-order valence-electron chi connectivity index (χ0n) is 12.5. The van der Waals surface area contributed by atoms with Gasteiger partial charge < -0.3 is 9.64 Å². The van der Waals surface area contributed by atoms with Crippen molar-refractivity contribution < 1.29 is 4.74 Å². The van der Waals surface area contributed by atoms with Crippen LogP contribution in [0.1, 0.15) is 16.7 Å². The quantitative estimate of drug-likeness (QED) is 0.815. The lowest BCUT2D eigenvalue weighted by Gasteiger charge is -2.18. The molecule has 0 fully saturated rings. The maximum Gasteiger partial charge on any atom is 0.123 e. The monoisotopic (exact) mass is 280 g/mol. The molecule has 108 valence electrons. The molecule has 0 aliphatic heterocycles. The van der Waals surface area contributed by atoms with Gasteiger partial charge in [0, 0.05) is 18.7 Å². The lowest BCUT2D eigenvalue weighted by molar-refractivity contribution is 0.321. The van der Waals surface area contributed by atoms with Gasteiger partial charge in [0.05, 0.1) is 18.7 Å². The van der Waals surface area contributed by atoms with E-state index in [1.165, 1.54) is 5.56 Å². The number of nitrogens with zero attached hydrogens (tertiary/aromatic N) is 2. The van der Waals surface area contributed by atoms with Crippen molar-refractivity contribution in [2.75, 3.05) is 20.7 Å². The van der Waals surface area contributed by atoms with E-state index in [-0.39, 0.29) is 0 Å². The van der Waals surface area contributed by atoms with Gasteiger partial charge in [0.2, 0.25) is 0 Å². The summed E-state index contributed by atoms with van der Waals surface area (Å²) in [7, 11) is 3.75. The van der Waals surface area contributed by atoms with Crippen molar-refractivity contribution in [2.24, 2.45) is 0 Å². The van der Waals surface area contributed by atoms with Gasteiger partial charge in [-0.1, -0.05) is 30.3 Å². The molecule has 0 bridgehead atoms. The third kappa shape index (κ3) is 4.34. The number of rotatable bonds is 6. The van der Waals surface area contributed by atoms with E-state index in [4.69, 9.17) is 10.00 Å². The number of likely N-dealkylation sites (N-methyl/N-ethyl adjacent to an activating group) is 1. The average Bonchev–Trinajstić information content (AvgIpc) is 2.54. The summed E-state index contributed by atoms with van der Waals surface area (Å²) in [6.45, 7) is 1.73. The third-order valence-electron chi connectivity index (χ3n) is 3.47. The first-order chi connectivity index (χ1) is 10.2. The highest BCUT2D eigenvalue weighted by Gasteiger charge is 2.08. The normalized spacial score (nSPS) is 10.4. The first-order valence-corrected chi connectivity index (χ1v) is 7.02. The molecule has 0 radical (unpaired) electrons. The number of hydrogen-bond donors (Lipinski definition) is 0. The fourth-order valence-corrected chi connectivity index (χ4v) is 2.31. The van der Waals surface area contributed by atoms with Crippen LogP contribution in [0.4, 0.5) is 0 Å². The smallest absolute Gasteiger partial charge is 0.123 e. The van der Waals surface area contributed by atoms with Crippen LogP contribution in [0.2, 0.25) is 0 Å². The number of hydrogen-bond acceptors (Lipinski definition) is 3. The van der Waals surface area contributed by atoms with Crippen molar-refractivity contribution in [1.29, 1.82) is 5.26 Å². The Morgan fingerprint density at radius 2 is 1.90 bits per heavy atom. The SMILES string of the molecule is COc1ccc(C#N)cc1CN(C)CCc1ccccc1. The van der Waals surface area contributed by atoms with E-state index < -0.39 is 0 Å². The summed E-state index contributed by atoms with van der Waals surface area (Å²) in [6, 6.07) is 18.2. The molecular formula is C18H20N2O. The Hall–Kier alpha value is -2.31. The van der Waals surface area contributed by atoms with Crippen LogP contribution in [0.15, 0.2) is 48.5 Å². The summed E-state index contributed by atoms with van der Waals surface area (Å²) < 4.78 is 5.37. The molecule has 0 aromatic heterocycles. The second-order valence-electron chi connectivity index (χ2n) is 5.11. The summed E-state index contributed by atoms with van der Waals surface area (Å²) in [4.78, 5) is 2.24. The van der Waals surface area contributed by atoms with Gasteiger partial charge in [-0.05, 0) is 37.2 Å². The summed E-state index contributed by atoms with van der Waals surface area (Å²) in [6.07, 6.45) is 1.01. The topological polar surface area (TPSA) is 36.3 Å². The molecule has 0 spiro atoms. The van der Waals surface area contributed by atoms with Gasteiger partial charge in [0.15, 0.2) is 0 Å². The lowest BCUT2D eigenvalue weighted by atomic mass is 10.1. The maximum absolute atomic E-state index is 9.01. The van der Waals surface area contributed by atoms with Crippen LogP contribution in [-0.2, 0) is 13.0 Å². The zero-order chi connectivity index (χ0) is 15.1. The summed E-state index contributed by atoms with van der Waals surface area (Å²) >= 11 is 0. The Balaban J connectivity index is 1.99. The van der Waals surface area contributed by atoms with Crippen molar-refractivity contribution >= 4 is 0 Å². The standard InChI is InChI=1S/C18H20N2O/c1-20(11-10-15-6-4-3-5-7-15)14-17-12-16(13-19)8-9-18(17)21-2/h3-9,12H,10-11,14H2,1-2H3. The van der Waals surface area contributed by atoms with Crippen molar-refractivity contribution in [3.8, 4) is 11.8 Å². The molecule has 0 aliphatic rings. The number of ether oxygens (including phenoxy) is 1. The van der Waals surface area contributed by atoms with Crippen LogP contribution < -0.4 is 4.74 Å². The fraction of sp³-hybridized carbons (Fsp3) is 0.278. The van der Waals surface area contributed by atoms with E-state index in [1.807, 2.05) is 18.2 Å². The molecule has 0 saturated carbocycles. The van der Waals surface area contributed by atoms with Crippen LogP contribution in [0, 0.1) is 11.3 Å². The Kier molecular flexibility index (Phi) is 5.36. The summed E-state index contributed by atoms with van der Waals surface area (Å²) in [5, 5.41) is 9.01.